The highest BCUT2D eigenvalue weighted by atomic mass is 35.5. The predicted molar refractivity (Wildman–Crippen MR) is 86.6 cm³/mol. The lowest BCUT2D eigenvalue weighted by Crippen LogP contribution is -2.19. The summed E-state index contributed by atoms with van der Waals surface area (Å²) in [6.07, 6.45) is 0. The van der Waals surface area contributed by atoms with E-state index in [2.05, 4.69) is 24.1 Å². The zero-order valence-corrected chi connectivity index (χ0v) is 13.2. The molecule has 4 heteroatoms. The molecule has 0 fully saturated rings. The Balaban J connectivity index is 1.90. The molecule has 0 saturated heterocycles. The number of rotatable bonds is 7. The largest absolute Gasteiger partial charge is 0.473 e. The summed E-state index contributed by atoms with van der Waals surface area (Å²) >= 11 is 6.11. The van der Waals surface area contributed by atoms with Gasteiger partial charge in [0.05, 0.1) is 5.69 Å². The number of benzene rings is 1. The minimum Gasteiger partial charge on any atom is -0.473 e. The van der Waals surface area contributed by atoms with Crippen molar-refractivity contribution in [3.63, 3.8) is 0 Å². The van der Waals surface area contributed by atoms with Gasteiger partial charge in [0, 0.05) is 23.2 Å². The minimum absolute atomic E-state index is 0.426. The van der Waals surface area contributed by atoms with E-state index >= 15 is 0 Å². The monoisotopic (exact) mass is 304 g/mol. The van der Waals surface area contributed by atoms with Crippen molar-refractivity contribution in [2.75, 3.05) is 6.54 Å². The molecule has 1 aromatic heterocycles. The number of aromatic nitrogens is 1. The quantitative estimate of drug-likeness (QED) is 0.837. The van der Waals surface area contributed by atoms with Crippen LogP contribution in [0.2, 0.25) is 5.02 Å². The van der Waals surface area contributed by atoms with Crippen LogP contribution in [0.1, 0.15) is 25.1 Å². The maximum Gasteiger partial charge on any atom is 0.213 e. The standard InChI is InChI=1S/C17H21ClN2O/c1-13(2)10-19-11-15-7-5-9-17(20-15)21-12-14-6-3-4-8-16(14)18/h3-9,13,19H,10-12H2,1-2H3. The molecule has 1 aromatic carbocycles. The second-order valence-corrected chi connectivity index (χ2v) is 5.78. The van der Waals surface area contributed by atoms with E-state index in [1.807, 2.05) is 42.5 Å². The molecule has 0 bridgehead atoms. The van der Waals surface area contributed by atoms with E-state index in [-0.39, 0.29) is 0 Å². The van der Waals surface area contributed by atoms with Crippen LogP contribution in [-0.2, 0) is 13.2 Å². The third kappa shape index (κ3) is 5.37. The minimum atomic E-state index is 0.426. The number of hydrogen-bond acceptors (Lipinski definition) is 3. The van der Waals surface area contributed by atoms with Gasteiger partial charge in [-0.3, -0.25) is 0 Å². The van der Waals surface area contributed by atoms with Crippen molar-refractivity contribution in [3.8, 4) is 5.88 Å². The molecule has 0 aliphatic rings. The smallest absolute Gasteiger partial charge is 0.213 e. The molecule has 1 heterocycles. The van der Waals surface area contributed by atoms with E-state index in [4.69, 9.17) is 16.3 Å². The van der Waals surface area contributed by atoms with Crippen LogP contribution in [0, 0.1) is 5.92 Å². The van der Waals surface area contributed by atoms with Crippen LogP contribution in [-0.4, -0.2) is 11.5 Å². The Bertz CT molecular complexity index is 572. The molecule has 0 aliphatic heterocycles. The maximum absolute atomic E-state index is 6.11. The Labute approximate surface area is 131 Å². The van der Waals surface area contributed by atoms with Gasteiger partial charge in [0.25, 0.3) is 0 Å². The first-order valence-corrected chi connectivity index (χ1v) is 7.56. The van der Waals surface area contributed by atoms with E-state index in [0.29, 0.717) is 23.4 Å². The summed E-state index contributed by atoms with van der Waals surface area (Å²) < 4.78 is 5.72. The number of pyridine rings is 1. The van der Waals surface area contributed by atoms with Gasteiger partial charge in [-0.1, -0.05) is 49.7 Å². The lowest BCUT2D eigenvalue weighted by atomic mass is 10.2. The molecule has 0 aliphatic carbocycles. The Kier molecular flexibility index (Phi) is 6.03. The van der Waals surface area contributed by atoms with E-state index in [0.717, 1.165) is 24.3 Å². The lowest BCUT2D eigenvalue weighted by molar-refractivity contribution is 0.293. The van der Waals surface area contributed by atoms with Gasteiger partial charge in [0.1, 0.15) is 6.61 Å². The van der Waals surface area contributed by atoms with Crippen LogP contribution in [0.4, 0.5) is 0 Å². The second-order valence-electron chi connectivity index (χ2n) is 5.37. The third-order valence-corrected chi connectivity index (χ3v) is 3.34. The first-order chi connectivity index (χ1) is 10.1. The summed E-state index contributed by atoms with van der Waals surface area (Å²) in [4.78, 5) is 4.49. The fourth-order valence-electron chi connectivity index (χ4n) is 1.89. The number of halogens is 1. The molecule has 0 saturated carbocycles. The van der Waals surface area contributed by atoms with Gasteiger partial charge in [-0.25, -0.2) is 4.98 Å². The van der Waals surface area contributed by atoms with Crippen molar-refractivity contribution in [1.82, 2.24) is 10.3 Å². The van der Waals surface area contributed by atoms with Gasteiger partial charge in [0.2, 0.25) is 5.88 Å². The highest BCUT2D eigenvalue weighted by molar-refractivity contribution is 6.31. The molecule has 21 heavy (non-hydrogen) atoms. The summed E-state index contributed by atoms with van der Waals surface area (Å²) in [5.41, 5.74) is 1.94. The van der Waals surface area contributed by atoms with Crippen LogP contribution in [0.3, 0.4) is 0 Å². The molecule has 2 rings (SSSR count). The molecule has 1 N–H and O–H groups in total. The average Bonchev–Trinajstić information content (AvgIpc) is 2.46. The van der Waals surface area contributed by atoms with Crippen LogP contribution >= 0.6 is 11.6 Å². The normalized spacial score (nSPS) is 10.9. The van der Waals surface area contributed by atoms with Crippen LogP contribution in [0.5, 0.6) is 5.88 Å². The molecular weight excluding hydrogens is 284 g/mol. The molecule has 0 amide bonds. The number of nitrogens with one attached hydrogen (secondary N) is 1. The van der Waals surface area contributed by atoms with Crippen molar-refractivity contribution < 1.29 is 4.74 Å². The maximum atomic E-state index is 6.11. The fourth-order valence-corrected chi connectivity index (χ4v) is 2.08. The Hall–Kier alpha value is -1.58. The van der Waals surface area contributed by atoms with Gasteiger partial charge < -0.3 is 10.1 Å². The van der Waals surface area contributed by atoms with Crippen molar-refractivity contribution in [2.45, 2.75) is 27.0 Å². The van der Waals surface area contributed by atoms with E-state index in [1.165, 1.54) is 0 Å². The van der Waals surface area contributed by atoms with Gasteiger partial charge >= 0.3 is 0 Å². The second kappa shape index (κ2) is 8.01. The van der Waals surface area contributed by atoms with Gasteiger partial charge in [-0.15, -0.1) is 0 Å². The summed E-state index contributed by atoms with van der Waals surface area (Å²) in [5, 5.41) is 4.09. The third-order valence-electron chi connectivity index (χ3n) is 2.97. The molecule has 112 valence electrons. The molecular formula is C17H21ClN2O. The van der Waals surface area contributed by atoms with Gasteiger partial charge in [0.15, 0.2) is 0 Å². The molecule has 0 radical (unpaired) electrons. The SMILES string of the molecule is CC(C)CNCc1cccc(OCc2ccccc2Cl)n1. The number of ether oxygens (including phenoxy) is 1. The summed E-state index contributed by atoms with van der Waals surface area (Å²) in [6, 6.07) is 13.5. The first kappa shape index (κ1) is 15.8. The number of nitrogens with zero attached hydrogens (tertiary/aromatic N) is 1. The van der Waals surface area contributed by atoms with Crippen LogP contribution in [0.25, 0.3) is 0 Å². The van der Waals surface area contributed by atoms with Gasteiger partial charge in [-0.2, -0.15) is 0 Å². The summed E-state index contributed by atoms with van der Waals surface area (Å²) in [7, 11) is 0. The van der Waals surface area contributed by atoms with Crippen molar-refractivity contribution in [3.05, 3.63) is 58.7 Å². The van der Waals surface area contributed by atoms with E-state index in [1.54, 1.807) is 0 Å². The predicted octanol–water partition coefficient (Wildman–Crippen LogP) is 4.06. The Morgan fingerprint density at radius 2 is 1.95 bits per heavy atom. The average molecular weight is 305 g/mol. The van der Waals surface area contributed by atoms with Crippen molar-refractivity contribution in [2.24, 2.45) is 5.92 Å². The summed E-state index contributed by atoms with van der Waals surface area (Å²) in [5.74, 6) is 1.25. The zero-order valence-electron chi connectivity index (χ0n) is 12.5. The first-order valence-electron chi connectivity index (χ1n) is 7.18. The Morgan fingerprint density at radius 3 is 2.71 bits per heavy atom. The highest BCUT2D eigenvalue weighted by Crippen LogP contribution is 2.17. The van der Waals surface area contributed by atoms with E-state index in [9.17, 15) is 0 Å². The summed E-state index contributed by atoms with van der Waals surface area (Å²) in [6.45, 7) is 6.52. The van der Waals surface area contributed by atoms with Gasteiger partial charge in [-0.05, 0) is 24.6 Å². The highest BCUT2D eigenvalue weighted by Gasteiger charge is 2.03. The lowest BCUT2D eigenvalue weighted by Gasteiger charge is -2.10. The number of hydrogen-bond donors (Lipinski definition) is 1. The topological polar surface area (TPSA) is 34.1 Å². The van der Waals surface area contributed by atoms with Crippen molar-refractivity contribution >= 4 is 11.6 Å². The molecule has 0 spiro atoms. The van der Waals surface area contributed by atoms with E-state index < -0.39 is 0 Å². The molecule has 2 aromatic rings. The molecule has 3 nitrogen and oxygen atoms in total. The Morgan fingerprint density at radius 1 is 1.14 bits per heavy atom. The molecule has 0 unspecified atom stereocenters. The molecule has 0 atom stereocenters. The van der Waals surface area contributed by atoms with Crippen LogP contribution < -0.4 is 10.1 Å². The van der Waals surface area contributed by atoms with Crippen molar-refractivity contribution in [1.29, 1.82) is 0 Å². The fraction of sp³-hybridized carbons (Fsp3) is 0.353. The zero-order chi connectivity index (χ0) is 15.1. The van der Waals surface area contributed by atoms with Crippen LogP contribution in [0.15, 0.2) is 42.5 Å².